The van der Waals surface area contributed by atoms with E-state index in [0.29, 0.717) is 25.7 Å². The van der Waals surface area contributed by atoms with Gasteiger partial charge in [-0.15, -0.1) is 0 Å². The molecule has 0 radical (unpaired) electrons. The van der Waals surface area contributed by atoms with Crippen LogP contribution in [0.5, 0.6) is 0 Å². The zero-order valence-electron chi connectivity index (χ0n) is 37.5. The van der Waals surface area contributed by atoms with Gasteiger partial charge in [-0.2, -0.15) is 0 Å². The molecule has 0 saturated carbocycles. The Morgan fingerprint density at radius 3 is 1.40 bits per heavy atom. The van der Waals surface area contributed by atoms with Gasteiger partial charge in [0.25, 0.3) is 0 Å². The number of hydrogen-bond donors (Lipinski definition) is 3. The van der Waals surface area contributed by atoms with Crippen molar-refractivity contribution >= 4 is 11.9 Å². The fourth-order valence-electron chi connectivity index (χ4n) is 6.89. The van der Waals surface area contributed by atoms with Crippen LogP contribution in [0.1, 0.15) is 226 Å². The van der Waals surface area contributed by atoms with Crippen LogP contribution in [-0.2, 0) is 14.3 Å². The Balaban J connectivity index is 4.65. The lowest BCUT2D eigenvalue weighted by Gasteiger charge is -2.24. The maximum Gasteiger partial charge on any atom is 0.306 e. The summed E-state index contributed by atoms with van der Waals surface area (Å²) in [5.41, 5.74) is 0. The molecule has 330 valence electrons. The minimum atomic E-state index is -0.800. The molecule has 0 aliphatic rings. The summed E-state index contributed by atoms with van der Waals surface area (Å²) < 4.78 is 5.87. The summed E-state index contributed by atoms with van der Waals surface area (Å²) in [5.74, 6) is -0.560. The molecule has 6 nitrogen and oxygen atoms in total. The molecule has 0 aliphatic heterocycles. The van der Waals surface area contributed by atoms with Crippen LogP contribution in [0.25, 0.3) is 0 Å². The largest absolute Gasteiger partial charge is 0.462 e. The lowest BCUT2D eigenvalue weighted by Crippen LogP contribution is -2.46. The summed E-state index contributed by atoms with van der Waals surface area (Å²) in [6.07, 6.45) is 54.2. The van der Waals surface area contributed by atoms with E-state index in [1.807, 2.05) is 0 Å². The predicted molar refractivity (Wildman–Crippen MR) is 245 cm³/mol. The Hall–Kier alpha value is -2.44. The van der Waals surface area contributed by atoms with Crippen LogP contribution < -0.4 is 5.32 Å². The van der Waals surface area contributed by atoms with Crippen LogP contribution in [0.2, 0.25) is 0 Å². The van der Waals surface area contributed by atoms with E-state index >= 15 is 0 Å². The first-order chi connectivity index (χ1) is 28.0. The highest BCUT2D eigenvalue weighted by Crippen LogP contribution is 2.16. The first-order valence-corrected chi connectivity index (χ1v) is 24.0. The zero-order chi connectivity index (χ0) is 41.7. The fraction of sp³-hybridized carbons (Fsp3) is 0.765. The summed E-state index contributed by atoms with van der Waals surface area (Å²) in [6, 6.07) is -0.716. The van der Waals surface area contributed by atoms with Gasteiger partial charge < -0.3 is 20.3 Å². The SMILES string of the molecule is CCCCC/C=C\C/C=C\C/C=C\C/C=C\CCCC(=O)OC(CCCCC/C=C\CCCCC)CC(=O)NC(CO)C(O)CCCCCCCCCCCCC. The summed E-state index contributed by atoms with van der Waals surface area (Å²) in [5, 5.41) is 23.6. The summed E-state index contributed by atoms with van der Waals surface area (Å²) in [7, 11) is 0. The number of hydrogen-bond acceptors (Lipinski definition) is 5. The molecule has 1 amide bonds. The van der Waals surface area contributed by atoms with Gasteiger partial charge in [0.1, 0.15) is 6.10 Å². The molecule has 3 unspecified atom stereocenters. The second-order valence-electron chi connectivity index (χ2n) is 16.2. The molecule has 0 aromatic carbocycles. The van der Waals surface area contributed by atoms with Gasteiger partial charge >= 0.3 is 5.97 Å². The van der Waals surface area contributed by atoms with Gasteiger partial charge in [-0.05, 0) is 89.9 Å². The van der Waals surface area contributed by atoms with E-state index in [0.717, 1.165) is 77.0 Å². The first-order valence-electron chi connectivity index (χ1n) is 24.0. The number of aliphatic hydroxyl groups is 2. The lowest BCUT2D eigenvalue weighted by atomic mass is 10.0. The van der Waals surface area contributed by atoms with Crippen molar-refractivity contribution in [2.24, 2.45) is 0 Å². The van der Waals surface area contributed by atoms with Gasteiger partial charge in [0, 0.05) is 6.42 Å². The van der Waals surface area contributed by atoms with E-state index in [1.54, 1.807) is 0 Å². The molecule has 6 heteroatoms. The van der Waals surface area contributed by atoms with Crippen molar-refractivity contribution in [2.45, 2.75) is 244 Å². The average molecular weight is 798 g/mol. The van der Waals surface area contributed by atoms with Crippen molar-refractivity contribution < 1.29 is 24.5 Å². The van der Waals surface area contributed by atoms with Gasteiger partial charge in [-0.1, -0.05) is 184 Å². The van der Waals surface area contributed by atoms with E-state index in [2.05, 4.69) is 86.8 Å². The highest BCUT2D eigenvalue weighted by atomic mass is 16.5. The molecule has 0 saturated heterocycles. The number of rotatable bonds is 42. The van der Waals surface area contributed by atoms with Gasteiger partial charge in [-0.3, -0.25) is 9.59 Å². The molecule has 0 aromatic heterocycles. The molecule has 0 fully saturated rings. The van der Waals surface area contributed by atoms with Crippen LogP contribution in [0, 0.1) is 0 Å². The van der Waals surface area contributed by atoms with Gasteiger partial charge in [-0.25, -0.2) is 0 Å². The standard InChI is InChI=1S/C51H91NO5/c1-4-7-10-13-16-19-22-23-24-25-26-27-29-32-35-38-41-44-51(56)57-47(42-39-36-33-30-21-18-15-12-9-6-3)45-50(55)52-48(46-53)49(54)43-40-37-34-31-28-20-17-14-11-8-5-2/h16,18-19,21,23-24,26-27,32,35,47-49,53-54H,4-15,17,20,22,25,28-31,33-34,36-46H2,1-3H3,(H,52,55)/b19-16-,21-18-,24-23-,27-26-,35-32-. The van der Waals surface area contributed by atoms with E-state index < -0.39 is 18.2 Å². The number of carbonyl (C=O) groups excluding carboxylic acids is 2. The molecule has 0 aromatic rings. The molecule has 0 rings (SSSR count). The minimum absolute atomic E-state index is 0.0436. The van der Waals surface area contributed by atoms with Crippen molar-refractivity contribution in [3.63, 3.8) is 0 Å². The number of unbranched alkanes of at least 4 members (excludes halogenated alkanes) is 20. The molecule has 57 heavy (non-hydrogen) atoms. The number of allylic oxidation sites excluding steroid dienone is 10. The summed E-state index contributed by atoms with van der Waals surface area (Å²) in [4.78, 5) is 26.0. The molecule has 0 bridgehead atoms. The Bertz CT molecular complexity index is 1030. The Labute approximate surface area is 352 Å². The van der Waals surface area contributed by atoms with Gasteiger partial charge in [0.2, 0.25) is 5.91 Å². The van der Waals surface area contributed by atoms with Crippen molar-refractivity contribution in [3.8, 4) is 0 Å². The van der Waals surface area contributed by atoms with Gasteiger partial charge in [0.15, 0.2) is 0 Å². The van der Waals surface area contributed by atoms with E-state index in [-0.39, 0.29) is 24.9 Å². The topological polar surface area (TPSA) is 95.9 Å². The second kappa shape index (κ2) is 44.7. The smallest absolute Gasteiger partial charge is 0.306 e. The third-order valence-corrected chi connectivity index (χ3v) is 10.6. The minimum Gasteiger partial charge on any atom is -0.462 e. The van der Waals surface area contributed by atoms with E-state index in [9.17, 15) is 19.8 Å². The highest BCUT2D eigenvalue weighted by molar-refractivity contribution is 5.77. The average Bonchev–Trinajstić information content (AvgIpc) is 3.20. The zero-order valence-corrected chi connectivity index (χ0v) is 37.5. The third-order valence-electron chi connectivity index (χ3n) is 10.6. The highest BCUT2D eigenvalue weighted by Gasteiger charge is 2.24. The molecular formula is C51H91NO5. The summed E-state index contributed by atoms with van der Waals surface area (Å²) >= 11 is 0. The fourth-order valence-corrected chi connectivity index (χ4v) is 6.89. The Kier molecular flexibility index (Phi) is 42.7. The number of esters is 1. The monoisotopic (exact) mass is 798 g/mol. The molecule has 3 atom stereocenters. The molecule has 3 N–H and O–H groups in total. The Morgan fingerprint density at radius 2 is 0.895 bits per heavy atom. The predicted octanol–water partition coefficient (Wildman–Crippen LogP) is 14.1. The van der Waals surface area contributed by atoms with Crippen LogP contribution in [0.15, 0.2) is 60.8 Å². The van der Waals surface area contributed by atoms with Crippen LogP contribution in [0.4, 0.5) is 0 Å². The number of ether oxygens (including phenoxy) is 1. The Morgan fingerprint density at radius 1 is 0.509 bits per heavy atom. The van der Waals surface area contributed by atoms with E-state index in [1.165, 1.54) is 96.3 Å². The number of nitrogens with one attached hydrogen (secondary N) is 1. The van der Waals surface area contributed by atoms with Crippen molar-refractivity contribution in [3.05, 3.63) is 60.8 Å². The van der Waals surface area contributed by atoms with Crippen LogP contribution in [0.3, 0.4) is 0 Å². The van der Waals surface area contributed by atoms with Crippen LogP contribution in [-0.4, -0.2) is 46.9 Å². The van der Waals surface area contributed by atoms with Crippen molar-refractivity contribution in [2.75, 3.05) is 6.61 Å². The van der Waals surface area contributed by atoms with Crippen molar-refractivity contribution in [1.82, 2.24) is 5.32 Å². The van der Waals surface area contributed by atoms with Gasteiger partial charge in [0.05, 0.1) is 25.2 Å². The van der Waals surface area contributed by atoms with Crippen molar-refractivity contribution in [1.29, 1.82) is 0 Å². The molecular weight excluding hydrogens is 707 g/mol. The number of carbonyl (C=O) groups is 2. The van der Waals surface area contributed by atoms with Crippen LogP contribution >= 0.6 is 0 Å². The number of aliphatic hydroxyl groups excluding tert-OH is 2. The molecule has 0 heterocycles. The summed E-state index contributed by atoms with van der Waals surface area (Å²) in [6.45, 7) is 6.39. The second-order valence-corrected chi connectivity index (χ2v) is 16.2. The molecule has 0 spiro atoms. The third kappa shape index (κ3) is 40.1. The first kappa shape index (κ1) is 54.6. The lowest BCUT2D eigenvalue weighted by molar-refractivity contribution is -0.151. The maximum absolute atomic E-state index is 13.1. The maximum atomic E-state index is 13.1. The normalized spacial score (nSPS) is 13.8. The molecule has 0 aliphatic carbocycles. The number of amides is 1. The quantitative estimate of drug-likeness (QED) is 0.0325. The van der Waals surface area contributed by atoms with E-state index in [4.69, 9.17) is 4.74 Å².